The van der Waals surface area contributed by atoms with Gasteiger partial charge in [-0.25, -0.2) is 15.0 Å². The van der Waals surface area contributed by atoms with Crippen LogP contribution in [0.5, 0.6) is 0 Å². The number of para-hydroxylation sites is 4. The number of nitrogens with zero attached hydrogens (tertiary/aromatic N) is 8. The molecular weight excluding hydrogens is 1460 g/mol. The van der Waals surface area contributed by atoms with E-state index in [0.29, 0.717) is 61.4 Å². The third kappa shape index (κ3) is 11.8. The number of anilines is 6. The summed E-state index contributed by atoms with van der Waals surface area (Å²) in [6, 6.07) is 48.0. The Kier molecular flexibility index (Phi) is 11.4. The first-order valence-electron chi connectivity index (χ1n) is 52.8. The lowest BCUT2D eigenvalue weighted by molar-refractivity contribution is 0.590. The molecule has 8 nitrogen and oxygen atoms in total. The number of benzene rings is 16. The maximum Gasteiger partial charge on any atom is 0.252 e. The molecule has 2 aliphatic rings. The largest absolute Gasteiger partial charge is 0.311 e. The SMILES string of the molecule is [2H]c1c([2H])c([2H])c(-c2nc(-c3cc(C(C)(C)C)cc(-c4ccccc4)c3N3c4cc(-n5c6c([2H])c([2H])c([2H])c([2H])c6c6c([2H])c([2H])c([2H])c([2H])c65)ccc4B4c5ccc(-n6c7ccc(C(C)(C)C)cc7c7cc(C(C)(C)C)ccc76)cc5N(c5ccc(-c6ccccc6)cc5-c5ccccc5)c5cc(-n6c7c([2H])c([2H])c([2H])c([2H])c7c7c([2H])c([2H])c([2H])c([2H])c76)cc3c54)nc(-c3c([2H])c([2H])c([2H])c([2H])c3[2H])n2)c([2H])c1[2H]. The molecule has 0 spiro atoms. The molecule has 0 unspecified atom stereocenters. The molecule has 0 bridgehead atoms. The van der Waals surface area contributed by atoms with Gasteiger partial charge >= 0.3 is 0 Å². The zero-order valence-corrected chi connectivity index (χ0v) is 66.8. The van der Waals surface area contributed by atoms with Crippen molar-refractivity contribution in [2.24, 2.45) is 0 Å². The molecular formula is C111H87BN8. The van der Waals surface area contributed by atoms with Crippen LogP contribution in [-0.4, -0.2) is 35.4 Å². The number of fused-ring (bicyclic) bond motifs is 13. The maximum atomic E-state index is 10.4. The van der Waals surface area contributed by atoms with E-state index in [1.54, 1.807) is 42.5 Å². The summed E-state index contributed by atoms with van der Waals surface area (Å²) >= 11 is 0. The molecule has 0 radical (unpaired) electrons. The van der Waals surface area contributed by atoms with E-state index >= 15 is 0 Å². The molecule has 0 saturated heterocycles. The van der Waals surface area contributed by atoms with Gasteiger partial charge in [0.1, 0.15) is 0 Å². The monoisotopic (exact) mass is 1570 g/mol. The average Bonchev–Trinajstić information content (AvgIpc) is 1.15. The van der Waals surface area contributed by atoms with E-state index in [0.717, 1.165) is 49.6 Å². The zero-order valence-electron chi connectivity index (χ0n) is 92.8. The van der Waals surface area contributed by atoms with Crippen LogP contribution in [0.15, 0.2) is 363 Å². The van der Waals surface area contributed by atoms with Gasteiger partial charge < -0.3 is 23.5 Å². The summed E-state index contributed by atoms with van der Waals surface area (Å²) in [6.45, 7) is 17.8. The first-order chi connectivity index (χ1) is 69.2. The highest BCUT2D eigenvalue weighted by Gasteiger charge is 2.46. The molecule has 22 rings (SSSR count). The van der Waals surface area contributed by atoms with Gasteiger partial charge in [-0.1, -0.05) is 317 Å². The molecule has 0 N–H and O–H groups in total. The highest BCUT2D eigenvalue weighted by Crippen LogP contribution is 2.55. The van der Waals surface area contributed by atoms with Crippen molar-refractivity contribution >= 4 is 123 Å². The molecule has 120 heavy (non-hydrogen) atoms. The van der Waals surface area contributed by atoms with Crippen molar-refractivity contribution in [3.8, 4) is 84.6 Å². The fourth-order valence-corrected chi connectivity index (χ4v) is 17.6. The molecule has 9 heteroatoms. The Hall–Kier alpha value is -14.4. The average molecular weight is 1570 g/mol. The van der Waals surface area contributed by atoms with E-state index < -0.39 is 198 Å². The summed E-state index contributed by atoms with van der Waals surface area (Å²) < 4.78 is 256. The number of rotatable bonds is 11. The van der Waals surface area contributed by atoms with Crippen molar-refractivity contribution in [3.05, 3.63) is 380 Å². The normalized spacial score (nSPS) is 15.9. The van der Waals surface area contributed by atoms with E-state index in [2.05, 4.69) is 112 Å². The van der Waals surface area contributed by atoms with Crippen molar-refractivity contribution in [2.45, 2.75) is 78.6 Å². The third-order valence-electron chi connectivity index (χ3n) is 23.4. The second kappa shape index (κ2) is 27.6. The lowest BCUT2D eigenvalue weighted by Gasteiger charge is -2.46. The molecule has 0 saturated carbocycles. The van der Waals surface area contributed by atoms with Crippen molar-refractivity contribution < 1.29 is 35.6 Å². The van der Waals surface area contributed by atoms with E-state index in [9.17, 15) is 32.9 Å². The highest BCUT2D eigenvalue weighted by molar-refractivity contribution is 7.00. The lowest BCUT2D eigenvalue weighted by atomic mass is 9.33. The van der Waals surface area contributed by atoms with Gasteiger partial charge in [0.2, 0.25) is 0 Å². The topological polar surface area (TPSA) is 59.9 Å². The Morgan fingerprint density at radius 3 is 1.12 bits per heavy atom. The quantitative estimate of drug-likeness (QED) is 0.121. The Balaban J connectivity index is 0.999. The zero-order chi connectivity index (χ0) is 104. The summed E-state index contributed by atoms with van der Waals surface area (Å²) in [4.78, 5) is 19.4. The standard InChI is InChI=1S/C111H87BN8/c1-109(2,3)76-52-59-98-88(62-76)89-63-77(110(4,5)6)53-60-99(89)117(98)79-54-56-91-100(66-79)119(97-58-51-75(70-33-15-10-16-34-70)61-86(97)71-35-17-11-18-36-71)102-68-81(118-95-49-31-27-45-84(95)85-46-28-32-50-96(85)118)69-103-104(102)112(91)92-57-55-80(116-93-47-29-25-43-82(93)83-44-26-30-48-94(83)116)67-101(92)120(103)105-87(72-37-19-12-20-38-72)64-78(111(7,8)9)65-90(105)108-114-106(73-39-21-13-22-40-73)113-107(115-108)74-41-23-14-24-42-74/h10-69H,1-9H3/i13D,14D,21D,22D,23D,24D,25D,26D,27D,28D,29D,30D,31D,32D,39D,40D,41D,42D,43D,44D,45D,46D,47D,48D,49D,50D. The number of hydrogen-bond acceptors (Lipinski definition) is 5. The first kappa shape index (κ1) is 49.6. The number of hydrogen-bond donors (Lipinski definition) is 0. The fourth-order valence-electron chi connectivity index (χ4n) is 17.6. The Morgan fingerprint density at radius 2 is 0.650 bits per heavy atom. The molecule has 0 amide bonds. The molecule has 0 fully saturated rings. The fraction of sp³-hybridized carbons (Fsp3) is 0.108. The third-order valence-corrected chi connectivity index (χ3v) is 23.4. The molecule has 0 aliphatic carbocycles. The van der Waals surface area contributed by atoms with Crippen LogP contribution in [0.2, 0.25) is 0 Å². The Labute approximate surface area is 736 Å². The minimum atomic E-state index is -1.10. The van der Waals surface area contributed by atoms with Crippen LogP contribution in [0.3, 0.4) is 0 Å². The van der Waals surface area contributed by atoms with Crippen LogP contribution < -0.4 is 26.2 Å². The number of aromatic nitrogens is 6. The van der Waals surface area contributed by atoms with Gasteiger partial charge in [0.25, 0.3) is 6.71 Å². The van der Waals surface area contributed by atoms with Gasteiger partial charge in [-0.2, -0.15) is 0 Å². The van der Waals surface area contributed by atoms with Crippen LogP contribution in [-0.2, 0) is 16.2 Å². The molecule has 4 aromatic heterocycles. The van der Waals surface area contributed by atoms with Gasteiger partial charge in [0.15, 0.2) is 17.5 Å². The smallest absolute Gasteiger partial charge is 0.252 e. The summed E-state index contributed by atoms with van der Waals surface area (Å²) in [7, 11) is 0. The first-order valence-corrected chi connectivity index (χ1v) is 39.8. The molecule has 6 heterocycles. The molecule has 574 valence electrons. The van der Waals surface area contributed by atoms with Crippen molar-refractivity contribution in [3.63, 3.8) is 0 Å². The van der Waals surface area contributed by atoms with Crippen LogP contribution >= 0.6 is 0 Å². The van der Waals surface area contributed by atoms with Gasteiger partial charge in [0, 0.05) is 94.3 Å². The van der Waals surface area contributed by atoms with Crippen molar-refractivity contribution in [1.82, 2.24) is 28.7 Å². The van der Waals surface area contributed by atoms with E-state index in [1.165, 1.54) is 9.13 Å². The summed E-state index contributed by atoms with van der Waals surface area (Å²) in [6.07, 6.45) is 0. The Morgan fingerprint density at radius 1 is 0.258 bits per heavy atom. The van der Waals surface area contributed by atoms with E-state index in [1.807, 2.05) is 129 Å². The summed E-state index contributed by atoms with van der Waals surface area (Å²) in [5.41, 5.74) is 8.47. The van der Waals surface area contributed by atoms with Crippen LogP contribution in [0.25, 0.3) is 150 Å². The van der Waals surface area contributed by atoms with Gasteiger partial charge in [-0.3, -0.25) is 0 Å². The van der Waals surface area contributed by atoms with Crippen molar-refractivity contribution in [2.75, 3.05) is 9.80 Å². The lowest BCUT2D eigenvalue weighted by Crippen LogP contribution is -2.61. The van der Waals surface area contributed by atoms with Gasteiger partial charge in [-0.05, 0) is 181 Å². The minimum absolute atomic E-state index is 0.00809. The van der Waals surface area contributed by atoms with E-state index in [-0.39, 0.29) is 88.4 Å². The van der Waals surface area contributed by atoms with E-state index in [4.69, 9.17) is 17.7 Å². The Bertz CT molecular complexity index is 8850. The molecule has 0 atom stereocenters. The van der Waals surface area contributed by atoms with Crippen LogP contribution in [0.1, 0.15) is 115 Å². The summed E-state index contributed by atoms with van der Waals surface area (Å²) in [5, 5.41) is 0.900. The second-order valence-electron chi connectivity index (χ2n) is 33.7. The van der Waals surface area contributed by atoms with Gasteiger partial charge in [0.05, 0.1) is 85.8 Å². The molecule has 20 aromatic rings. The molecule has 16 aromatic carbocycles. The predicted octanol–water partition coefficient (Wildman–Crippen LogP) is 27.1. The predicted molar refractivity (Wildman–Crippen MR) is 506 cm³/mol. The summed E-state index contributed by atoms with van der Waals surface area (Å²) in [5.74, 6) is -1.68. The van der Waals surface area contributed by atoms with Crippen LogP contribution in [0.4, 0.5) is 34.1 Å². The van der Waals surface area contributed by atoms with Gasteiger partial charge in [-0.15, -0.1) is 0 Å². The minimum Gasteiger partial charge on any atom is -0.311 e. The second-order valence-corrected chi connectivity index (χ2v) is 33.7. The van der Waals surface area contributed by atoms with Crippen molar-refractivity contribution in [1.29, 1.82) is 0 Å². The van der Waals surface area contributed by atoms with Crippen LogP contribution in [0, 0.1) is 0 Å². The highest BCUT2D eigenvalue weighted by atomic mass is 15.2. The molecule has 2 aliphatic heterocycles. The maximum absolute atomic E-state index is 10.4.